The molecule has 344 valence electrons. The van der Waals surface area contributed by atoms with Gasteiger partial charge in [-0.25, -0.2) is 19.2 Å². The normalized spacial score (nSPS) is 23.6. The second-order valence-electron chi connectivity index (χ2n) is 16.7. The number of aromatic nitrogens is 2. The Labute approximate surface area is 370 Å². The van der Waals surface area contributed by atoms with Crippen molar-refractivity contribution >= 4 is 40.8 Å². The monoisotopic (exact) mass is 900 g/mol. The molecule has 2 amide bonds. The Morgan fingerprint density at radius 1 is 0.923 bits per heavy atom. The van der Waals surface area contributed by atoms with E-state index in [9.17, 15) is 54.3 Å². The number of amides is 2. The van der Waals surface area contributed by atoms with Crippen molar-refractivity contribution in [2.75, 3.05) is 26.2 Å². The topological polar surface area (TPSA) is 274 Å². The van der Waals surface area contributed by atoms with Crippen LogP contribution in [0.2, 0.25) is 0 Å². The lowest BCUT2D eigenvalue weighted by Crippen LogP contribution is -2.61. The molecule has 0 spiro atoms. The number of aliphatic hydroxyl groups excluding tert-OH is 3. The molecular weight excluding hydrogens is 853 g/mol. The van der Waals surface area contributed by atoms with Crippen LogP contribution in [0, 0.1) is 5.92 Å². The van der Waals surface area contributed by atoms with Gasteiger partial charge in [0.1, 0.15) is 37.3 Å². The Balaban J connectivity index is 0.903. The first-order valence-electron chi connectivity index (χ1n) is 21.2. The number of esters is 1. The van der Waals surface area contributed by atoms with Gasteiger partial charge < -0.3 is 63.6 Å². The lowest BCUT2D eigenvalue weighted by Gasteiger charge is -2.38. The number of Topliss-reactive ketones (excluding diaryl/α,β-unsaturated/α-hetero) is 1. The number of rotatable bonds is 10. The molecule has 4 aromatic rings. The van der Waals surface area contributed by atoms with Crippen LogP contribution in [-0.2, 0) is 55.6 Å². The van der Waals surface area contributed by atoms with Gasteiger partial charge in [0.25, 0.3) is 5.56 Å². The Morgan fingerprint density at radius 2 is 1.63 bits per heavy atom. The van der Waals surface area contributed by atoms with Crippen molar-refractivity contribution in [2.45, 2.75) is 96.6 Å². The largest absolute Gasteiger partial charge is 0.479 e. The summed E-state index contributed by atoms with van der Waals surface area (Å²) in [6.45, 7) is 7.12. The second-order valence-corrected chi connectivity index (χ2v) is 16.7. The number of nitrogens with zero attached hydrogens (tertiary/aromatic N) is 4. The summed E-state index contributed by atoms with van der Waals surface area (Å²) in [7, 11) is 0. The Hall–Kier alpha value is -6.45. The van der Waals surface area contributed by atoms with Gasteiger partial charge in [0, 0.05) is 54.2 Å². The van der Waals surface area contributed by atoms with E-state index in [0.717, 1.165) is 22.1 Å². The van der Waals surface area contributed by atoms with Gasteiger partial charge in [0.05, 0.1) is 35.1 Å². The zero-order valence-corrected chi connectivity index (χ0v) is 35.9. The predicted molar refractivity (Wildman–Crippen MR) is 224 cm³/mol. The van der Waals surface area contributed by atoms with Crippen LogP contribution < -0.4 is 15.0 Å². The minimum absolute atomic E-state index is 0.0168. The molecule has 0 bridgehead atoms. The van der Waals surface area contributed by atoms with E-state index < -0.39 is 72.1 Å². The maximum absolute atomic E-state index is 13.6. The quantitative estimate of drug-likeness (QED) is 0.0993. The average Bonchev–Trinajstić information content (AvgIpc) is 3.66. The third kappa shape index (κ3) is 8.05. The molecular formula is C45H48N4O16. The van der Waals surface area contributed by atoms with E-state index in [1.807, 2.05) is 19.1 Å². The summed E-state index contributed by atoms with van der Waals surface area (Å²) in [5.74, 6) is -3.15. The summed E-state index contributed by atoms with van der Waals surface area (Å²) in [6.07, 6.45) is -8.68. The number of aliphatic carboxylic acids is 1. The molecule has 5 N–H and O–H groups in total. The first-order valence-corrected chi connectivity index (χ1v) is 21.2. The van der Waals surface area contributed by atoms with Crippen LogP contribution in [0.1, 0.15) is 72.3 Å². The number of cyclic esters (lactones) is 1. The first kappa shape index (κ1) is 45.1. The number of hydrogen-bond acceptors (Lipinski definition) is 16. The third-order valence-electron chi connectivity index (χ3n) is 12.4. The van der Waals surface area contributed by atoms with Gasteiger partial charge in [0.2, 0.25) is 6.29 Å². The molecule has 0 unspecified atom stereocenters. The van der Waals surface area contributed by atoms with Crippen molar-refractivity contribution in [2.24, 2.45) is 5.92 Å². The zero-order chi connectivity index (χ0) is 46.6. The van der Waals surface area contributed by atoms with Crippen LogP contribution in [0.25, 0.3) is 22.2 Å². The van der Waals surface area contributed by atoms with Crippen LogP contribution >= 0.6 is 0 Å². The van der Waals surface area contributed by atoms with E-state index in [1.54, 1.807) is 31.4 Å². The van der Waals surface area contributed by atoms with Gasteiger partial charge in [-0.2, -0.15) is 0 Å². The molecule has 0 aliphatic carbocycles. The molecule has 0 radical (unpaired) electrons. The van der Waals surface area contributed by atoms with E-state index in [2.05, 4.69) is 4.98 Å². The summed E-state index contributed by atoms with van der Waals surface area (Å²) in [5.41, 5.74) is 2.02. The molecule has 4 aliphatic heterocycles. The number of carboxylic acid groups (broad SMARTS) is 1. The molecule has 20 nitrogen and oxygen atoms in total. The minimum atomic E-state index is -1.93. The average molecular weight is 901 g/mol. The smallest absolute Gasteiger partial charge is 0.415 e. The van der Waals surface area contributed by atoms with E-state index in [1.165, 1.54) is 34.2 Å². The molecule has 20 heteroatoms. The van der Waals surface area contributed by atoms with Crippen molar-refractivity contribution in [1.29, 1.82) is 0 Å². The van der Waals surface area contributed by atoms with E-state index in [4.69, 9.17) is 23.7 Å². The molecule has 0 saturated carbocycles. The van der Waals surface area contributed by atoms with Gasteiger partial charge in [-0.1, -0.05) is 33.8 Å². The molecule has 8 rings (SSSR count). The number of pyridine rings is 2. The molecule has 4 aliphatic rings. The van der Waals surface area contributed by atoms with Crippen molar-refractivity contribution in [3.05, 3.63) is 86.3 Å². The SMILES string of the molecule is CCc1c(OC(=O)N2CCN(C(=O)OCc3ccc(O[C@@H]4O[C@H](C(=O)O)[C@@H](O)[C@H](O)[C@H]4O)c(C(=O)C(C)C)c3)CC2)cnc2cc3c(cc12)Cn1c-3cc2c(c1=O)COC(=O)[C@]2(O)CC. The highest BCUT2D eigenvalue weighted by Gasteiger charge is 2.49. The van der Waals surface area contributed by atoms with E-state index in [-0.39, 0.29) is 86.1 Å². The Morgan fingerprint density at radius 3 is 2.29 bits per heavy atom. The fraction of sp³-hybridized carbons (Fsp3) is 0.444. The number of aliphatic hydroxyl groups is 4. The van der Waals surface area contributed by atoms with Gasteiger partial charge in [-0.3, -0.25) is 14.6 Å². The molecule has 2 fully saturated rings. The van der Waals surface area contributed by atoms with Crippen LogP contribution in [-0.4, -0.2) is 132 Å². The molecule has 2 saturated heterocycles. The number of ether oxygens (including phenoxy) is 5. The van der Waals surface area contributed by atoms with E-state index >= 15 is 0 Å². The lowest BCUT2D eigenvalue weighted by atomic mass is 9.85. The zero-order valence-electron chi connectivity index (χ0n) is 35.9. The van der Waals surface area contributed by atoms with Crippen LogP contribution in [0.3, 0.4) is 0 Å². The number of aryl methyl sites for hydroxylation is 1. The van der Waals surface area contributed by atoms with Crippen LogP contribution in [0.15, 0.2) is 47.4 Å². The predicted octanol–water partition coefficient (Wildman–Crippen LogP) is 2.20. The highest BCUT2D eigenvalue weighted by Crippen LogP contribution is 2.41. The number of carbonyl (C=O) groups excluding carboxylic acids is 4. The Kier molecular flexibility index (Phi) is 12.2. The number of fused-ring (bicyclic) bond motifs is 5. The number of carbonyl (C=O) groups is 5. The van der Waals surface area contributed by atoms with Crippen molar-refractivity contribution < 1.29 is 73.2 Å². The standard InChI is InChI=1S/C45H48N4O16/c1-5-24-26-14-23-18-49-31(16-29-28(39(49)54)20-61-42(57)45(29,60)6-2)25(23)15-30(26)46-17-33(24)64-44(59)48-11-9-47(10-12-48)43(58)62-19-22-7-8-32(27(13-22)34(50)21(3)4)63-41-37(53)35(51)36(52)38(65-41)40(55)56/h7-8,13-17,21,35-38,41,51-53,60H,5-6,9-12,18-20H2,1-4H3,(H,55,56)/t35-,36-,37+,38-,41+,45-/m0/s1. The number of benzene rings is 2. The van der Waals surface area contributed by atoms with Crippen molar-refractivity contribution in [1.82, 2.24) is 19.4 Å². The highest BCUT2D eigenvalue weighted by molar-refractivity contribution is 6.00. The number of piperazine rings is 1. The summed E-state index contributed by atoms with van der Waals surface area (Å²) in [5, 5.41) is 52.0. The molecule has 65 heavy (non-hydrogen) atoms. The maximum atomic E-state index is 13.6. The summed E-state index contributed by atoms with van der Waals surface area (Å²) < 4.78 is 29.1. The number of hydrogen-bond donors (Lipinski definition) is 5. The maximum Gasteiger partial charge on any atom is 0.415 e. The molecule has 2 aromatic carbocycles. The summed E-state index contributed by atoms with van der Waals surface area (Å²) in [4.78, 5) is 85.1. The minimum Gasteiger partial charge on any atom is -0.479 e. The van der Waals surface area contributed by atoms with Crippen LogP contribution in [0.4, 0.5) is 9.59 Å². The number of ketones is 1. The van der Waals surface area contributed by atoms with E-state index in [0.29, 0.717) is 23.2 Å². The highest BCUT2D eigenvalue weighted by atomic mass is 16.7. The Bertz CT molecular complexity index is 2670. The first-order chi connectivity index (χ1) is 30.9. The molecule has 6 atom stereocenters. The van der Waals surface area contributed by atoms with Crippen molar-refractivity contribution in [3.8, 4) is 22.8 Å². The fourth-order valence-electron chi connectivity index (χ4n) is 8.61. The number of carboxylic acids is 1. The molecule has 6 heterocycles. The van der Waals surface area contributed by atoms with Gasteiger partial charge in [0.15, 0.2) is 23.2 Å². The third-order valence-corrected chi connectivity index (χ3v) is 12.4. The fourth-order valence-corrected chi connectivity index (χ4v) is 8.61. The van der Waals surface area contributed by atoms with Crippen molar-refractivity contribution in [3.63, 3.8) is 0 Å². The lowest BCUT2D eigenvalue weighted by molar-refractivity contribution is -0.271. The van der Waals surface area contributed by atoms with Gasteiger partial charge in [-0.15, -0.1) is 0 Å². The van der Waals surface area contributed by atoms with Gasteiger partial charge in [-0.05, 0) is 54.3 Å². The van der Waals surface area contributed by atoms with Crippen LogP contribution in [0.5, 0.6) is 11.5 Å². The summed E-state index contributed by atoms with van der Waals surface area (Å²) >= 11 is 0. The molecule has 2 aromatic heterocycles. The second kappa shape index (κ2) is 17.5. The van der Waals surface area contributed by atoms with Gasteiger partial charge >= 0.3 is 24.1 Å². The summed E-state index contributed by atoms with van der Waals surface area (Å²) in [6, 6.07) is 9.71.